The highest BCUT2D eigenvalue weighted by Gasteiger charge is 2.40. The number of rotatable bonds is 3. The highest BCUT2D eigenvalue weighted by atomic mass is 32.2. The van der Waals surface area contributed by atoms with Crippen molar-refractivity contribution < 1.29 is 9.53 Å². The summed E-state index contributed by atoms with van der Waals surface area (Å²) in [5.74, 6) is 6.93. The maximum Gasteiger partial charge on any atom is 0.339 e. The molecule has 0 saturated heterocycles. The van der Waals surface area contributed by atoms with Gasteiger partial charge in [-0.05, 0) is 80.6 Å². The molecule has 0 spiro atoms. The second-order valence-corrected chi connectivity index (χ2v) is 10.9. The van der Waals surface area contributed by atoms with E-state index in [2.05, 4.69) is 72.5 Å². The lowest BCUT2D eigenvalue weighted by atomic mass is 9.78. The molecular weight excluding hydrogens is 412 g/mol. The van der Waals surface area contributed by atoms with Crippen molar-refractivity contribution >= 4 is 36.6 Å². The van der Waals surface area contributed by atoms with Crippen LogP contribution in [0.25, 0.3) is 25.1 Å². The molecule has 2 aliphatic rings. The number of benzene rings is 3. The van der Waals surface area contributed by atoms with Crippen molar-refractivity contribution in [1.29, 1.82) is 0 Å². The molecule has 2 aliphatic carbocycles. The highest BCUT2D eigenvalue weighted by molar-refractivity contribution is 7.50. The van der Waals surface area contributed by atoms with Gasteiger partial charge in [-0.1, -0.05) is 42.5 Å². The van der Waals surface area contributed by atoms with Gasteiger partial charge in [-0.3, -0.25) is 0 Å². The van der Waals surface area contributed by atoms with Gasteiger partial charge in [0.1, 0.15) is 0 Å². The number of hydrogen-bond acceptors (Lipinski definition) is 2. The zero-order valence-electron chi connectivity index (χ0n) is 18.0. The standard InChI is InChI=1S/C29H25O2S/c30-28(31-29(18-6-19-29)20-17-21-7-5-8-21)22-13-15-23(16-14-22)32-26-11-3-1-9-24(26)25-10-2-4-12-27(25)32/h1-4,9-16,21H,5-8,18-19H2/q+1. The van der Waals surface area contributed by atoms with Gasteiger partial charge in [0, 0.05) is 27.2 Å². The van der Waals surface area contributed by atoms with Crippen LogP contribution in [-0.2, 0) is 4.74 Å². The van der Waals surface area contributed by atoms with Crippen LogP contribution in [-0.4, -0.2) is 11.6 Å². The molecule has 32 heavy (non-hydrogen) atoms. The van der Waals surface area contributed by atoms with Gasteiger partial charge < -0.3 is 4.74 Å². The molecule has 158 valence electrons. The largest absolute Gasteiger partial charge is 0.442 e. The normalized spacial score (nSPS) is 17.2. The number of thiophene rings is 1. The van der Waals surface area contributed by atoms with E-state index in [1.807, 2.05) is 12.1 Å². The Hall–Kier alpha value is -3.09. The third kappa shape index (κ3) is 3.31. The number of carbonyl (C=O) groups is 1. The Morgan fingerprint density at radius 3 is 2.00 bits per heavy atom. The molecule has 1 aromatic heterocycles. The SMILES string of the molecule is O=C(OC1(C#CC2CCC2)CCC1)c1ccc(-[s+]2c3ccccc3c3ccccc32)cc1. The van der Waals surface area contributed by atoms with Gasteiger partial charge in [-0.15, -0.1) is 0 Å². The molecule has 0 radical (unpaired) electrons. The molecule has 0 aliphatic heterocycles. The molecule has 3 aromatic carbocycles. The first-order valence-electron chi connectivity index (χ1n) is 11.5. The van der Waals surface area contributed by atoms with E-state index in [4.69, 9.17) is 4.74 Å². The minimum Gasteiger partial charge on any atom is -0.442 e. The van der Waals surface area contributed by atoms with Gasteiger partial charge in [0.2, 0.25) is 0 Å². The zero-order chi connectivity index (χ0) is 21.5. The van der Waals surface area contributed by atoms with E-state index >= 15 is 0 Å². The van der Waals surface area contributed by atoms with Crippen LogP contribution in [0.4, 0.5) is 0 Å². The Bertz CT molecular complexity index is 1320. The van der Waals surface area contributed by atoms with E-state index in [0.29, 0.717) is 11.5 Å². The van der Waals surface area contributed by atoms with Crippen LogP contribution in [0.5, 0.6) is 0 Å². The number of esters is 1. The molecular formula is C29H25O2S+. The maximum absolute atomic E-state index is 12.9. The van der Waals surface area contributed by atoms with Crippen LogP contribution in [0.1, 0.15) is 48.9 Å². The first kappa shape index (κ1) is 19.6. The van der Waals surface area contributed by atoms with E-state index in [0.717, 1.165) is 19.3 Å². The van der Waals surface area contributed by atoms with Gasteiger partial charge in [0.25, 0.3) is 0 Å². The molecule has 0 unspecified atom stereocenters. The first-order chi connectivity index (χ1) is 15.7. The second kappa shape index (κ2) is 7.80. The molecule has 2 fully saturated rings. The van der Waals surface area contributed by atoms with Crippen molar-refractivity contribution in [3.63, 3.8) is 0 Å². The highest BCUT2D eigenvalue weighted by Crippen LogP contribution is 2.48. The molecule has 2 nitrogen and oxygen atoms in total. The Kier molecular flexibility index (Phi) is 4.77. The fraction of sp³-hybridized carbons (Fsp3) is 0.276. The van der Waals surface area contributed by atoms with E-state index < -0.39 is 5.60 Å². The number of fused-ring (bicyclic) bond motifs is 3. The molecule has 0 bridgehead atoms. The van der Waals surface area contributed by atoms with Gasteiger partial charge in [0.15, 0.2) is 19.9 Å². The number of hydrogen-bond donors (Lipinski definition) is 0. The Labute approximate surface area is 191 Å². The van der Waals surface area contributed by atoms with Crippen molar-refractivity contribution in [1.82, 2.24) is 0 Å². The predicted molar refractivity (Wildman–Crippen MR) is 132 cm³/mol. The van der Waals surface area contributed by atoms with Crippen molar-refractivity contribution in [3.8, 4) is 16.7 Å². The fourth-order valence-electron chi connectivity index (χ4n) is 4.61. The Morgan fingerprint density at radius 2 is 1.47 bits per heavy atom. The van der Waals surface area contributed by atoms with Crippen LogP contribution in [0.3, 0.4) is 0 Å². The van der Waals surface area contributed by atoms with E-state index in [9.17, 15) is 4.79 Å². The summed E-state index contributed by atoms with van der Waals surface area (Å²) in [5.41, 5.74) is 0.0472. The lowest BCUT2D eigenvalue weighted by molar-refractivity contribution is -0.0260. The maximum atomic E-state index is 12.9. The van der Waals surface area contributed by atoms with Gasteiger partial charge in [-0.25, -0.2) is 4.79 Å². The minimum absolute atomic E-state index is 0.149. The van der Waals surface area contributed by atoms with Crippen LogP contribution in [0.2, 0.25) is 0 Å². The predicted octanol–water partition coefficient (Wildman–Crippen LogP) is 7.61. The van der Waals surface area contributed by atoms with Crippen LogP contribution in [0, 0.1) is 17.8 Å². The van der Waals surface area contributed by atoms with Gasteiger partial charge >= 0.3 is 5.97 Å². The lowest BCUT2D eigenvalue weighted by Gasteiger charge is -2.36. The molecule has 1 heterocycles. The molecule has 6 rings (SSSR count). The quantitative estimate of drug-likeness (QED) is 0.187. The summed E-state index contributed by atoms with van der Waals surface area (Å²) in [6.07, 6.45) is 6.43. The number of carbonyl (C=O) groups excluding carboxylic acids is 1. The third-order valence-corrected chi connectivity index (χ3v) is 9.22. The number of ether oxygens (including phenoxy) is 1. The van der Waals surface area contributed by atoms with Gasteiger partial charge in [-0.2, -0.15) is 0 Å². The summed E-state index contributed by atoms with van der Waals surface area (Å²) < 4.78 is 8.65. The van der Waals surface area contributed by atoms with Crippen molar-refractivity contribution in [2.45, 2.75) is 44.1 Å². The Balaban J connectivity index is 1.30. The smallest absolute Gasteiger partial charge is 0.339 e. The molecule has 0 N–H and O–H groups in total. The Morgan fingerprint density at radius 1 is 0.844 bits per heavy atom. The zero-order valence-corrected chi connectivity index (χ0v) is 18.8. The summed E-state index contributed by atoms with van der Waals surface area (Å²) in [5, 5.41) is 2.62. The second-order valence-electron chi connectivity index (χ2n) is 8.96. The molecule has 0 amide bonds. The summed E-state index contributed by atoms with van der Waals surface area (Å²) in [4.78, 5) is 14.1. The molecule has 4 aromatic rings. The fourth-order valence-corrected chi connectivity index (χ4v) is 6.98. The van der Waals surface area contributed by atoms with E-state index in [1.54, 1.807) is 0 Å². The van der Waals surface area contributed by atoms with Gasteiger partial charge in [0.05, 0.1) is 5.56 Å². The monoisotopic (exact) mass is 437 g/mol. The minimum atomic E-state index is -0.559. The van der Waals surface area contributed by atoms with Crippen LogP contribution < -0.4 is 0 Å². The van der Waals surface area contributed by atoms with Crippen molar-refractivity contribution in [2.75, 3.05) is 0 Å². The average Bonchev–Trinajstić information content (AvgIpc) is 3.11. The summed E-state index contributed by atoms with van der Waals surface area (Å²) in [7, 11) is -0.149. The third-order valence-electron chi connectivity index (χ3n) is 6.89. The molecule has 3 heteroatoms. The van der Waals surface area contributed by atoms with Crippen molar-refractivity contribution in [3.05, 3.63) is 78.4 Å². The van der Waals surface area contributed by atoms with E-state index in [-0.39, 0.29) is 16.4 Å². The average molecular weight is 438 g/mol. The molecule has 2 saturated carbocycles. The first-order valence-corrected chi connectivity index (χ1v) is 12.7. The summed E-state index contributed by atoms with van der Waals surface area (Å²) in [6.45, 7) is 0. The molecule has 0 atom stereocenters. The lowest BCUT2D eigenvalue weighted by Crippen LogP contribution is -2.40. The van der Waals surface area contributed by atoms with Crippen molar-refractivity contribution in [2.24, 2.45) is 5.92 Å². The summed E-state index contributed by atoms with van der Waals surface area (Å²) in [6, 6.07) is 25.3. The van der Waals surface area contributed by atoms with Crippen LogP contribution in [0.15, 0.2) is 72.8 Å². The van der Waals surface area contributed by atoms with Crippen LogP contribution >= 0.6 is 10.5 Å². The van der Waals surface area contributed by atoms with E-state index in [1.165, 1.54) is 44.3 Å². The summed E-state index contributed by atoms with van der Waals surface area (Å²) >= 11 is 0. The topological polar surface area (TPSA) is 26.3 Å².